The van der Waals surface area contributed by atoms with E-state index in [4.69, 9.17) is 9.47 Å². The highest BCUT2D eigenvalue weighted by Gasteiger charge is 2.78. The highest BCUT2D eigenvalue weighted by molar-refractivity contribution is 5.98. The monoisotopic (exact) mass is 496 g/mol. The smallest absolute Gasteiger partial charge is 0.312 e. The molecule has 3 saturated heterocycles. The minimum atomic E-state index is -1.16. The number of benzene rings is 1. The first-order valence-corrected chi connectivity index (χ1v) is 12.6. The molecule has 2 bridgehead atoms. The van der Waals surface area contributed by atoms with Gasteiger partial charge in [-0.2, -0.15) is 0 Å². The molecule has 1 spiro atoms. The van der Waals surface area contributed by atoms with Gasteiger partial charge in [-0.05, 0) is 38.7 Å². The van der Waals surface area contributed by atoms with Crippen LogP contribution >= 0.6 is 0 Å². The average molecular weight is 497 g/mol. The van der Waals surface area contributed by atoms with Gasteiger partial charge in [0.2, 0.25) is 11.8 Å². The fourth-order valence-electron chi connectivity index (χ4n) is 6.26. The van der Waals surface area contributed by atoms with Crippen molar-refractivity contribution in [1.29, 1.82) is 0 Å². The number of aliphatic hydroxyl groups excluding tert-OH is 1. The molecule has 0 aliphatic carbocycles. The van der Waals surface area contributed by atoms with Crippen molar-refractivity contribution in [3.8, 4) is 0 Å². The first-order valence-electron chi connectivity index (χ1n) is 12.6. The summed E-state index contributed by atoms with van der Waals surface area (Å²) >= 11 is 0. The van der Waals surface area contributed by atoms with Crippen molar-refractivity contribution in [2.75, 3.05) is 19.8 Å². The van der Waals surface area contributed by atoms with E-state index in [0.29, 0.717) is 25.8 Å². The van der Waals surface area contributed by atoms with Crippen molar-refractivity contribution < 1.29 is 29.0 Å². The van der Waals surface area contributed by atoms with Gasteiger partial charge in [-0.1, -0.05) is 42.5 Å². The van der Waals surface area contributed by atoms with Gasteiger partial charge >= 0.3 is 5.97 Å². The number of ether oxygens (including phenoxy) is 2. The second kappa shape index (κ2) is 10.2. The number of rotatable bonds is 11. The van der Waals surface area contributed by atoms with Gasteiger partial charge in [0, 0.05) is 13.1 Å². The topological polar surface area (TPSA) is 96.4 Å². The van der Waals surface area contributed by atoms with E-state index < -0.39 is 41.1 Å². The van der Waals surface area contributed by atoms with E-state index in [1.165, 1.54) is 4.90 Å². The summed E-state index contributed by atoms with van der Waals surface area (Å²) in [5.41, 5.74) is -1.12. The number of esters is 1. The third-order valence-electron chi connectivity index (χ3n) is 7.89. The van der Waals surface area contributed by atoms with Gasteiger partial charge in [0.1, 0.15) is 17.6 Å². The first kappa shape index (κ1) is 26.1. The van der Waals surface area contributed by atoms with E-state index in [9.17, 15) is 19.5 Å². The maximum atomic E-state index is 14.2. The summed E-state index contributed by atoms with van der Waals surface area (Å²) in [6.45, 7) is 11.5. The SMILES string of the molecule is C=CCCOC(=O)[C@H]1[C@H]2C(=O)N([C@H](C)CO)C(C(=O)N(CC=C)Cc3ccccc3)C23CC[C@]1(C)O3. The van der Waals surface area contributed by atoms with Crippen LogP contribution in [0, 0.1) is 11.8 Å². The number of hydrogen-bond donors (Lipinski definition) is 1. The molecule has 2 unspecified atom stereocenters. The third kappa shape index (κ3) is 4.16. The lowest BCUT2D eigenvalue weighted by molar-refractivity contribution is -0.161. The van der Waals surface area contributed by atoms with E-state index >= 15 is 0 Å². The van der Waals surface area contributed by atoms with Crippen LogP contribution in [-0.4, -0.2) is 75.7 Å². The maximum absolute atomic E-state index is 14.2. The Morgan fingerprint density at radius 1 is 1.28 bits per heavy atom. The predicted molar refractivity (Wildman–Crippen MR) is 133 cm³/mol. The van der Waals surface area contributed by atoms with Crippen LogP contribution < -0.4 is 0 Å². The zero-order chi connectivity index (χ0) is 26.1. The van der Waals surface area contributed by atoms with Crippen molar-refractivity contribution in [3.63, 3.8) is 0 Å². The number of carbonyl (C=O) groups is 3. The summed E-state index contributed by atoms with van der Waals surface area (Å²) in [5.74, 6) is -2.78. The van der Waals surface area contributed by atoms with Crippen molar-refractivity contribution in [2.45, 2.75) is 62.9 Å². The number of amides is 2. The van der Waals surface area contributed by atoms with Crippen molar-refractivity contribution in [2.24, 2.45) is 11.8 Å². The molecule has 0 radical (unpaired) electrons. The summed E-state index contributed by atoms with van der Waals surface area (Å²) in [6, 6.07) is 8.01. The van der Waals surface area contributed by atoms with E-state index in [1.54, 1.807) is 24.0 Å². The molecule has 3 fully saturated rings. The Kier molecular flexibility index (Phi) is 7.38. The average Bonchev–Trinajstić information content (AvgIpc) is 3.44. The van der Waals surface area contributed by atoms with Crippen LogP contribution in [-0.2, 0) is 30.4 Å². The molecule has 2 amide bonds. The number of carbonyl (C=O) groups excluding carboxylic acids is 3. The molecule has 1 N–H and O–H groups in total. The molecule has 0 saturated carbocycles. The predicted octanol–water partition coefficient (Wildman–Crippen LogP) is 2.47. The molecule has 3 aliphatic heterocycles. The summed E-state index contributed by atoms with van der Waals surface area (Å²) < 4.78 is 12.1. The van der Waals surface area contributed by atoms with E-state index in [2.05, 4.69) is 13.2 Å². The van der Waals surface area contributed by atoms with Crippen molar-refractivity contribution in [1.82, 2.24) is 9.80 Å². The Balaban J connectivity index is 1.73. The van der Waals surface area contributed by atoms with Crippen LogP contribution in [0.2, 0.25) is 0 Å². The Labute approximate surface area is 212 Å². The molecule has 0 aromatic heterocycles. The summed E-state index contributed by atoms with van der Waals surface area (Å²) in [7, 11) is 0. The second-order valence-electron chi connectivity index (χ2n) is 10.2. The minimum absolute atomic E-state index is 0.173. The molecule has 3 heterocycles. The fraction of sp³-hybridized carbons (Fsp3) is 0.536. The summed E-state index contributed by atoms with van der Waals surface area (Å²) in [6.07, 6.45) is 4.82. The Hall–Kier alpha value is -2.97. The van der Waals surface area contributed by atoms with Crippen LogP contribution in [0.5, 0.6) is 0 Å². The van der Waals surface area contributed by atoms with Crippen LogP contribution in [0.1, 0.15) is 38.7 Å². The normalized spacial score (nSPS) is 31.1. The fourth-order valence-corrected chi connectivity index (χ4v) is 6.26. The van der Waals surface area contributed by atoms with Gasteiger partial charge in [-0.25, -0.2) is 0 Å². The number of aliphatic hydroxyl groups is 1. The van der Waals surface area contributed by atoms with Crippen LogP contribution in [0.4, 0.5) is 0 Å². The quantitative estimate of drug-likeness (QED) is 0.287. The zero-order valence-electron chi connectivity index (χ0n) is 21.1. The Morgan fingerprint density at radius 2 is 2.00 bits per heavy atom. The molecule has 3 aliphatic rings. The van der Waals surface area contributed by atoms with Crippen LogP contribution in [0.25, 0.3) is 0 Å². The molecule has 36 heavy (non-hydrogen) atoms. The van der Waals surface area contributed by atoms with Crippen LogP contribution in [0.3, 0.4) is 0 Å². The summed E-state index contributed by atoms with van der Waals surface area (Å²) in [5, 5.41) is 10.0. The Bertz CT molecular complexity index is 1030. The molecular formula is C28H36N2O6. The molecule has 8 heteroatoms. The molecule has 194 valence electrons. The molecule has 1 aromatic rings. The van der Waals surface area contributed by atoms with Gasteiger partial charge in [0.05, 0.1) is 30.8 Å². The number of fused-ring (bicyclic) bond motifs is 1. The molecule has 1 aromatic carbocycles. The third-order valence-corrected chi connectivity index (χ3v) is 7.89. The number of hydrogen-bond acceptors (Lipinski definition) is 6. The first-order chi connectivity index (χ1) is 17.2. The van der Waals surface area contributed by atoms with Crippen LogP contribution in [0.15, 0.2) is 55.6 Å². The molecule has 4 rings (SSSR count). The highest BCUT2D eigenvalue weighted by Crippen LogP contribution is 2.63. The lowest BCUT2D eigenvalue weighted by Gasteiger charge is -2.38. The molecular weight excluding hydrogens is 460 g/mol. The van der Waals surface area contributed by atoms with Crippen molar-refractivity contribution >= 4 is 17.8 Å². The van der Waals surface area contributed by atoms with Gasteiger partial charge in [0.15, 0.2) is 0 Å². The Morgan fingerprint density at radius 3 is 2.64 bits per heavy atom. The van der Waals surface area contributed by atoms with E-state index in [0.717, 1.165) is 5.56 Å². The standard InChI is InChI=1S/C28H36N2O6/c1-5-7-16-35-26(34)22-21-24(32)30(19(3)18-31)23(28(21)14-13-27(22,4)36-28)25(33)29(15-6-2)17-20-11-9-8-10-12-20/h5-6,8-12,19,21-23,31H,1-2,7,13-18H2,3-4H3/t19-,21+,22-,23?,27+,28?/m1/s1. The molecule has 6 atom stereocenters. The zero-order valence-corrected chi connectivity index (χ0v) is 21.1. The highest BCUT2D eigenvalue weighted by atomic mass is 16.6. The second-order valence-corrected chi connectivity index (χ2v) is 10.2. The lowest BCUT2D eigenvalue weighted by Crippen LogP contribution is -2.58. The molecule has 8 nitrogen and oxygen atoms in total. The largest absolute Gasteiger partial charge is 0.465 e. The van der Waals surface area contributed by atoms with Gasteiger partial charge < -0.3 is 24.4 Å². The van der Waals surface area contributed by atoms with Gasteiger partial charge in [-0.3, -0.25) is 14.4 Å². The van der Waals surface area contributed by atoms with Gasteiger partial charge in [-0.15, -0.1) is 13.2 Å². The van der Waals surface area contributed by atoms with Gasteiger partial charge in [0.25, 0.3) is 0 Å². The van der Waals surface area contributed by atoms with E-state index in [1.807, 2.05) is 37.3 Å². The lowest BCUT2D eigenvalue weighted by atomic mass is 9.66. The maximum Gasteiger partial charge on any atom is 0.312 e. The number of nitrogens with zero attached hydrogens (tertiary/aromatic N) is 2. The number of likely N-dealkylation sites (tertiary alicyclic amines) is 1. The van der Waals surface area contributed by atoms with E-state index in [-0.39, 0.29) is 31.6 Å². The minimum Gasteiger partial charge on any atom is -0.465 e. The van der Waals surface area contributed by atoms with Crippen molar-refractivity contribution in [3.05, 3.63) is 61.2 Å². The summed E-state index contributed by atoms with van der Waals surface area (Å²) in [4.78, 5) is 44.5.